The molecule has 0 saturated carbocycles. The van der Waals surface area contributed by atoms with Crippen LogP contribution >= 0.6 is 0 Å². The van der Waals surface area contributed by atoms with Crippen molar-refractivity contribution in [3.8, 4) is 0 Å². The number of hydrogen-bond acceptors (Lipinski definition) is 2. The quantitative estimate of drug-likeness (QED) is 0.684. The minimum Gasteiger partial charge on any atom is -0.378 e. The van der Waals surface area contributed by atoms with Crippen molar-refractivity contribution in [1.82, 2.24) is 5.32 Å². The fraction of sp³-hybridized carbons (Fsp3) is 0.833. The molecule has 14 heavy (non-hydrogen) atoms. The molecule has 0 aromatic rings. The summed E-state index contributed by atoms with van der Waals surface area (Å²) in [5.41, 5.74) is 0. The highest BCUT2D eigenvalue weighted by Crippen LogP contribution is 2.14. The van der Waals surface area contributed by atoms with Gasteiger partial charge in [-0.05, 0) is 39.5 Å². The molecule has 0 aromatic heterocycles. The van der Waals surface area contributed by atoms with Gasteiger partial charge in [0.15, 0.2) is 0 Å². The molecular formula is C12H23NO. The molecule has 1 saturated heterocycles. The largest absolute Gasteiger partial charge is 0.378 e. The van der Waals surface area contributed by atoms with Crippen LogP contribution in [0, 0.1) is 0 Å². The summed E-state index contributed by atoms with van der Waals surface area (Å²) < 4.78 is 5.51. The molecule has 1 N–H and O–H groups in total. The minimum atomic E-state index is 0.424. The van der Waals surface area contributed by atoms with Crippen molar-refractivity contribution in [1.29, 1.82) is 0 Å². The molecule has 1 heterocycles. The third kappa shape index (κ3) is 4.25. The van der Waals surface area contributed by atoms with Crippen LogP contribution in [0.25, 0.3) is 0 Å². The third-order valence-electron chi connectivity index (χ3n) is 2.81. The van der Waals surface area contributed by atoms with Gasteiger partial charge in [0.25, 0.3) is 0 Å². The highest BCUT2D eigenvalue weighted by molar-refractivity contribution is 4.79. The van der Waals surface area contributed by atoms with Crippen LogP contribution < -0.4 is 5.32 Å². The van der Waals surface area contributed by atoms with E-state index in [1.54, 1.807) is 0 Å². The molecule has 3 atom stereocenters. The number of ether oxygens (including phenoxy) is 1. The fourth-order valence-corrected chi connectivity index (χ4v) is 2.00. The Hall–Kier alpha value is -0.340. The summed E-state index contributed by atoms with van der Waals surface area (Å²) in [6.07, 6.45) is 7.02. The molecule has 0 bridgehead atoms. The maximum absolute atomic E-state index is 5.51. The van der Waals surface area contributed by atoms with E-state index in [1.165, 1.54) is 6.42 Å². The van der Waals surface area contributed by atoms with Crippen LogP contribution in [0.3, 0.4) is 0 Å². The van der Waals surface area contributed by atoms with Crippen LogP contribution in [-0.2, 0) is 4.74 Å². The van der Waals surface area contributed by atoms with Gasteiger partial charge in [0, 0.05) is 18.7 Å². The number of nitrogens with one attached hydrogen (secondary N) is 1. The van der Waals surface area contributed by atoms with Gasteiger partial charge in [-0.1, -0.05) is 6.08 Å². The lowest BCUT2D eigenvalue weighted by atomic mass is 10.0. The van der Waals surface area contributed by atoms with Gasteiger partial charge in [-0.3, -0.25) is 0 Å². The van der Waals surface area contributed by atoms with E-state index in [2.05, 4.69) is 25.7 Å². The fourth-order valence-electron chi connectivity index (χ4n) is 2.00. The first-order valence-corrected chi connectivity index (χ1v) is 5.71. The number of allylic oxidation sites excluding steroid dienone is 1. The molecule has 0 spiro atoms. The average molecular weight is 197 g/mol. The minimum absolute atomic E-state index is 0.424. The Bertz CT molecular complexity index is 170. The van der Waals surface area contributed by atoms with Gasteiger partial charge in [-0.2, -0.15) is 0 Å². The number of rotatable bonds is 5. The van der Waals surface area contributed by atoms with E-state index >= 15 is 0 Å². The van der Waals surface area contributed by atoms with Gasteiger partial charge >= 0.3 is 0 Å². The lowest BCUT2D eigenvalue weighted by Gasteiger charge is -2.30. The molecule has 3 unspecified atom stereocenters. The van der Waals surface area contributed by atoms with Crippen LogP contribution in [0.1, 0.15) is 39.5 Å². The second-order valence-corrected chi connectivity index (χ2v) is 4.34. The Labute approximate surface area is 87.7 Å². The van der Waals surface area contributed by atoms with Crippen LogP contribution in [0.15, 0.2) is 12.7 Å². The average Bonchev–Trinajstić information content (AvgIpc) is 2.15. The summed E-state index contributed by atoms with van der Waals surface area (Å²) in [7, 11) is 0. The van der Waals surface area contributed by atoms with Crippen molar-refractivity contribution in [2.75, 3.05) is 6.61 Å². The van der Waals surface area contributed by atoms with E-state index < -0.39 is 0 Å². The Balaban J connectivity index is 2.18. The molecule has 0 aliphatic carbocycles. The predicted molar refractivity (Wildman–Crippen MR) is 60.5 cm³/mol. The normalized spacial score (nSPS) is 29.9. The van der Waals surface area contributed by atoms with Crippen molar-refractivity contribution >= 4 is 0 Å². The zero-order valence-electron chi connectivity index (χ0n) is 9.46. The molecule has 1 rings (SSSR count). The lowest BCUT2D eigenvalue weighted by molar-refractivity contribution is 0.0115. The van der Waals surface area contributed by atoms with Crippen molar-refractivity contribution < 1.29 is 4.74 Å². The first kappa shape index (κ1) is 11.7. The van der Waals surface area contributed by atoms with Gasteiger partial charge in [0.05, 0.1) is 6.10 Å². The Morgan fingerprint density at radius 1 is 1.64 bits per heavy atom. The van der Waals surface area contributed by atoms with Crippen LogP contribution in [0.5, 0.6) is 0 Å². The Kier molecular flexibility index (Phi) is 5.20. The summed E-state index contributed by atoms with van der Waals surface area (Å²) >= 11 is 0. The van der Waals surface area contributed by atoms with Gasteiger partial charge in [-0.25, -0.2) is 0 Å². The molecule has 0 amide bonds. The summed E-state index contributed by atoms with van der Waals surface area (Å²) in [6.45, 7) is 9.06. The van der Waals surface area contributed by atoms with Gasteiger partial charge in [-0.15, -0.1) is 6.58 Å². The molecular weight excluding hydrogens is 174 g/mol. The smallest absolute Gasteiger partial charge is 0.0561 e. The van der Waals surface area contributed by atoms with Crippen molar-refractivity contribution in [2.24, 2.45) is 0 Å². The van der Waals surface area contributed by atoms with Crippen molar-refractivity contribution in [3.05, 3.63) is 12.7 Å². The predicted octanol–water partition coefficient (Wildman–Crippen LogP) is 2.50. The first-order chi connectivity index (χ1) is 6.72. The van der Waals surface area contributed by atoms with Crippen LogP contribution in [0.2, 0.25) is 0 Å². The topological polar surface area (TPSA) is 21.3 Å². The molecule has 82 valence electrons. The highest BCUT2D eigenvalue weighted by atomic mass is 16.5. The van der Waals surface area contributed by atoms with E-state index in [0.717, 1.165) is 25.9 Å². The van der Waals surface area contributed by atoms with Crippen LogP contribution in [-0.4, -0.2) is 24.8 Å². The molecule has 2 heteroatoms. The SMILES string of the molecule is C=CCCC(C)NC1CCOC(C)C1. The summed E-state index contributed by atoms with van der Waals surface area (Å²) in [6, 6.07) is 1.25. The molecule has 0 aromatic carbocycles. The standard InChI is InChI=1S/C12H23NO/c1-4-5-6-10(2)13-12-7-8-14-11(3)9-12/h4,10-13H,1,5-9H2,2-3H3. The Morgan fingerprint density at radius 2 is 2.43 bits per heavy atom. The number of hydrogen-bond donors (Lipinski definition) is 1. The Morgan fingerprint density at radius 3 is 3.07 bits per heavy atom. The zero-order valence-corrected chi connectivity index (χ0v) is 9.46. The molecule has 2 nitrogen and oxygen atoms in total. The van der Waals surface area contributed by atoms with E-state index in [1.807, 2.05) is 6.08 Å². The maximum atomic E-state index is 5.51. The summed E-state index contributed by atoms with van der Waals surface area (Å²) in [4.78, 5) is 0. The van der Waals surface area contributed by atoms with E-state index in [4.69, 9.17) is 4.74 Å². The van der Waals surface area contributed by atoms with Gasteiger partial charge < -0.3 is 10.1 Å². The first-order valence-electron chi connectivity index (χ1n) is 5.71. The van der Waals surface area contributed by atoms with E-state index in [9.17, 15) is 0 Å². The van der Waals surface area contributed by atoms with Gasteiger partial charge in [0.2, 0.25) is 0 Å². The monoisotopic (exact) mass is 197 g/mol. The van der Waals surface area contributed by atoms with E-state index in [0.29, 0.717) is 18.2 Å². The molecule has 1 aliphatic rings. The lowest BCUT2D eigenvalue weighted by Crippen LogP contribution is -2.42. The van der Waals surface area contributed by atoms with E-state index in [-0.39, 0.29) is 0 Å². The summed E-state index contributed by atoms with van der Waals surface area (Å²) in [5.74, 6) is 0. The highest BCUT2D eigenvalue weighted by Gasteiger charge is 2.19. The van der Waals surface area contributed by atoms with Gasteiger partial charge in [0.1, 0.15) is 0 Å². The van der Waals surface area contributed by atoms with Crippen molar-refractivity contribution in [2.45, 2.75) is 57.7 Å². The molecule has 1 aliphatic heterocycles. The second-order valence-electron chi connectivity index (χ2n) is 4.34. The third-order valence-corrected chi connectivity index (χ3v) is 2.81. The molecule has 1 fully saturated rings. The van der Waals surface area contributed by atoms with Crippen LogP contribution in [0.4, 0.5) is 0 Å². The molecule has 0 radical (unpaired) electrons. The second kappa shape index (κ2) is 6.20. The maximum Gasteiger partial charge on any atom is 0.0561 e. The summed E-state index contributed by atoms with van der Waals surface area (Å²) in [5, 5.41) is 3.66. The van der Waals surface area contributed by atoms with Crippen molar-refractivity contribution in [3.63, 3.8) is 0 Å². The zero-order chi connectivity index (χ0) is 10.4.